The lowest BCUT2D eigenvalue weighted by molar-refractivity contribution is 0.0926. The van der Waals surface area contributed by atoms with Crippen LogP contribution in [0.25, 0.3) is 38.1 Å². The summed E-state index contributed by atoms with van der Waals surface area (Å²) in [5.41, 5.74) is 1.07. The van der Waals surface area contributed by atoms with Crippen molar-refractivity contribution in [3.63, 3.8) is 0 Å². The highest BCUT2D eigenvalue weighted by molar-refractivity contribution is 6.01. The molecule has 4 aromatic rings. The fraction of sp³-hybridized carbons (Fsp3) is 0.321. The van der Waals surface area contributed by atoms with Crippen LogP contribution in [0.3, 0.4) is 0 Å². The van der Waals surface area contributed by atoms with Gasteiger partial charge in [0.1, 0.15) is 11.6 Å². The number of anilines is 1. The zero-order valence-electron chi connectivity index (χ0n) is 19.7. The van der Waals surface area contributed by atoms with Crippen molar-refractivity contribution in [2.75, 3.05) is 5.32 Å². The molecule has 3 aliphatic rings. The summed E-state index contributed by atoms with van der Waals surface area (Å²) in [6.45, 7) is 10.1. The quantitative estimate of drug-likeness (QED) is 0.293. The SMILES string of the molecule is [C-]#[N+]c1c(-c2c[nH]c3c(F)cc(F)cc23)nc(N[C@@H]2C3CCC(CC3)[C@H]2C)c(F)c1-c1cccnc1. The van der Waals surface area contributed by atoms with Crippen molar-refractivity contribution >= 4 is 22.4 Å². The van der Waals surface area contributed by atoms with E-state index in [1.807, 2.05) is 0 Å². The molecule has 3 heterocycles. The van der Waals surface area contributed by atoms with E-state index in [0.29, 0.717) is 28.9 Å². The zero-order chi connectivity index (χ0) is 25.0. The van der Waals surface area contributed by atoms with Crippen LogP contribution in [-0.4, -0.2) is 21.0 Å². The molecule has 2 N–H and O–H groups in total. The van der Waals surface area contributed by atoms with Crippen molar-refractivity contribution < 1.29 is 13.2 Å². The summed E-state index contributed by atoms with van der Waals surface area (Å²) in [4.78, 5) is 15.2. The lowest BCUT2D eigenvalue weighted by Gasteiger charge is -2.47. The first-order chi connectivity index (χ1) is 17.5. The van der Waals surface area contributed by atoms with Crippen LogP contribution in [-0.2, 0) is 0 Å². The van der Waals surface area contributed by atoms with Gasteiger partial charge in [0.15, 0.2) is 11.6 Å². The molecule has 3 saturated carbocycles. The van der Waals surface area contributed by atoms with Gasteiger partial charge in [0.2, 0.25) is 5.69 Å². The van der Waals surface area contributed by atoms with E-state index in [-0.39, 0.29) is 39.7 Å². The van der Waals surface area contributed by atoms with E-state index < -0.39 is 17.5 Å². The average Bonchev–Trinajstić information content (AvgIpc) is 3.31. The highest BCUT2D eigenvalue weighted by Crippen LogP contribution is 2.48. The number of rotatable bonds is 4. The number of hydrogen-bond acceptors (Lipinski definition) is 3. The van der Waals surface area contributed by atoms with Crippen molar-refractivity contribution in [1.82, 2.24) is 15.0 Å². The van der Waals surface area contributed by atoms with Gasteiger partial charge in [0.05, 0.1) is 17.8 Å². The minimum atomic E-state index is -0.749. The molecule has 0 spiro atoms. The number of H-pyrrole nitrogens is 1. The Kier molecular flexibility index (Phi) is 5.44. The number of aromatic amines is 1. The molecule has 7 rings (SSSR count). The molecular formula is C28H24F3N5. The van der Waals surface area contributed by atoms with E-state index in [4.69, 9.17) is 6.57 Å². The van der Waals surface area contributed by atoms with Gasteiger partial charge in [-0.15, -0.1) is 0 Å². The molecule has 3 aliphatic carbocycles. The van der Waals surface area contributed by atoms with Gasteiger partial charge in [-0.3, -0.25) is 4.98 Å². The van der Waals surface area contributed by atoms with Crippen LogP contribution in [0.5, 0.6) is 0 Å². The largest absolute Gasteiger partial charge is 0.364 e. The van der Waals surface area contributed by atoms with Crippen molar-refractivity contribution in [3.8, 4) is 22.4 Å². The van der Waals surface area contributed by atoms with Gasteiger partial charge in [-0.05, 0) is 61.1 Å². The summed E-state index contributed by atoms with van der Waals surface area (Å²) >= 11 is 0. The molecule has 3 fully saturated rings. The van der Waals surface area contributed by atoms with Gasteiger partial charge in [-0.25, -0.2) is 23.0 Å². The van der Waals surface area contributed by atoms with E-state index in [1.54, 1.807) is 18.3 Å². The number of nitrogens with one attached hydrogen (secondary N) is 2. The second-order valence-corrected chi connectivity index (χ2v) is 9.92. The Morgan fingerprint density at radius 3 is 2.58 bits per heavy atom. The normalized spacial score (nSPS) is 23.1. The summed E-state index contributed by atoms with van der Waals surface area (Å²) in [6.07, 6.45) is 9.14. The summed E-state index contributed by atoms with van der Waals surface area (Å²) in [7, 11) is 0. The molecule has 0 saturated heterocycles. The number of fused-ring (bicyclic) bond motifs is 4. The summed E-state index contributed by atoms with van der Waals surface area (Å²) in [5, 5.41) is 3.64. The average molecular weight is 488 g/mol. The fourth-order valence-corrected chi connectivity index (χ4v) is 6.23. The Morgan fingerprint density at radius 2 is 1.89 bits per heavy atom. The van der Waals surface area contributed by atoms with E-state index in [0.717, 1.165) is 18.9 Å². The fourth-order valence-electron chi connectivity index (χ4n) is 6.23. The molecular weight excluding hydrogens is 463 g/mol. The molecule has 2 atom stereocenters. The summed E-state index contributed by atoms with van der Waals surface area (Å²) in [5.74, 6) is -0.690. The van der Waals surface area contributed by atoms with Crippen LogP contribution in [0.15, 0.2) is 42.9 Å². The van der Waals surface area contributed by atoms with Crippen molar-refractivity contribution in [2.24, 2.45) is 17.8 Å². The molecule has 0 radical (unpaired) electrons. The smallest absolute Gasteiger partial charge is 0.223 e. The van der Waals surface area contributed by atoms with Crippen LogP contribution < -0.4 is 5.32 Å². The molecule has 5 nitrogen and oxygen atoms in total. The second-order valence-electron chi connectivity index (χ2n) is 9.92. The molecule has 36 heavy (non-hydrogen) atoms. The van der Waals surface area contributed by atoms with Gasteiger partial charge in [-0.1, -0.05) is 13.0 Å². The molecule has 1 aromatic carbocycles. The number of nitrogens with zero attached hydrogens (tertiary/aromatic N) is 3. The highest BCUT2D eigenvalue weighted by Gasteiger charge is 2.42. The third kappa shape index (κ3) is 3.53. The first-order valence-corrected chi connectivity index (χ1v) is 12.2. The van der Waals surface area contributed by atoms with Crippen LogP contribution in [0.2, 0.25) is 0 Å². The minimum absolute atomic E-state index is 0.0326. The number of pyridine rings is 2. The predicted molar refractivity (Wildman–Crippen MR) is 133 cm³/mol. The number of hydrogen-bond donors (Lipinski definition) is 2. The molecule has 182 valence electrons. The Labute approximate surface area is 206 Å². The lowest BCUT2D eigenvalue weighted by atomic mass is 9.62. The van der Waals surface area contributed by atoms with Crippen LogP contribution in [0.4, 0.5) is 24.7 Å². The van der Waals surface area contributed by atoms with Crippen molar-refractivity contribution in [1.29, 1.82) is 0 Å². The van der Waals surface area contributed by atoms with Crippen molar-refractivity contribution in [3.05, 3.63) is 71.7 Å². The predicted octanol–water partition coefficient (Wildman–Crippen LogP) is 7.50. The molecule has 0 aliphatic heterocycles. The van der Waals surface area contributed by atoms with E-state index in [9.17, 15) is 8.78 Å². The van der Waals surface area contributed by atoms with E-state index in [2.05, 4.69) is 32.0 Å². The third-order valence-electron chi connectivity index (χ3n) is 8.07. The molecule has 0 amide bonds. The molecule has 3 aromatic heterocycles. The second kappa shape index (κ2) is 8.66. The van der Waals surface area contributed by atoms with Gasteiger partial charge in [-0.2, -0.15) is 0 Å². The number of halogens is 3. The monoisotopic (exact) mass is 487 g/mol. The minimum Gasteiger partial charge on any atom is -0.364 e. The van der Waals surface area contributed by atoms with E-state index in [1.165, 1.54) is 31.3 Å². The standard InChI is InChI=1S/C28H24F3N5/c1-14-15-5-7-16(8-6-15)24(14)35-28-23(31)22(17-4-3-9-33-12-17)27(32-2)26(36-28)20-13-34-25-19(20)10-18(29)11-21(25)30/h3-4,9-16,24,34H,5-8H2,1H3,(H,35,36)/t14-,15?,16?,24+/m1/s1. The van der Waals surface area contributed by atoms with Crippen molar-refractivity contribution in [2.45, 2.75) is 38.6 Å². The van der Waals surface area contributed by atoms with Crippen LogP contribution in [0.1, 0.15) is 32.6 Å². The van der Waals surface area contributed by atoms with Crippen LogP contribution >= 0.6 is 0 Å². The topological polar surface area (TPSA) is 58.0 Å². The molecule has 8 heteroatoms. The summed E-state index contributed by atoms with van der Waals surface area (Å²) < 4.78 is 44.8. The Morgan fingerprint density at radius 1 is 1.11 bits per heavy atom. The van der Waals surface area contributed by atoms with Gasteiger partial charge in [0.25, 0.3) is 0 Å². The highest BCUT2D eigenvalue weighted by atomic mass is 19.1. The number of benzene rings is 1. The van der Waals surface area contributed by atoms with Crippen LogP contribution in [0, 0.1) is 41.8 Å². The first kappa shape index (κ1) is 22.6. The molecule has 2 bridgehead atoms. The van der Waals surface area contributed by atoms with Gasteiger partial charge >= 0.3 is 0 Å². The Hall–Kier alpha value is -3.86. The third-order valence-corrected chi connectivity index (χ3v) is 8.07. The lowest BCUT2D eigenvalue weighted by Crippen LogP contribution is -2.47. The first-order valence-electron chi connectivity index (χ1n) is 12.2. The number of aromatic nitrogens is 3. The maximum atomic E-state index is 16.2. The Balaban J connectivity index is 1.58. The zero-order valence-corrected chi connectivity index (χ0v) is 19.7. The maximum Gasteiger partial charge on any atom is 0.223 e. The van der Waals surface area contributed by atoms with Gasteiger partial charge < -0.3 is 10.3 Å². The maximum absolute atomic E-state index is 16.2. The van der Waals surface area contributed by atoms with Gasteiger partial charge in [0, 0.05) is 47.2 Å². The van der Waals surface area contributed by atoms with E-state index >= 15 is 4.39 Å². The summed E-state index contributed by atoms with van der Waals surface area (Å²) in [6, 6.07) is 5.42. The Bertz CT molecular complexity index is 1500. The molecule has 0 unspecified atom stereocenters.